The number of aromatic nitrogens is 1. The van der Waals surface area contributed by atoms with Gasteiger partial charge in [-0.3, -0.25) is 4.79 Å². The molecule has 3 heterocycles. The molecule has 2 saturated heterocycles. The third-order valence-corrected chi connectivity index (χ3v) is 7.17. The Morgan fingerprint density at radius 2 is 1.85 bits per heavy atom. The van der Waals surface area contributed by atoms with E-state index in [9.17, 15) is 17.6 Å². The van der Waals surface area contributed by atoms with Gasteiger partial charge in [0.1, 0.15) is 0 Å². The number of ketones is 1. The minimum atomic E-state index is -3.05. The molecule has 0 saturated carbocycles. The molecule has 3 rings (SSSR count). The second-order valence-electron chi connectivity index (χ2n) is 5.67. The van der Waals surface area contributed by atoms with E-state index < -0.39 is 15.8 Å². The summed E-state index contributed by atoms with van der Waals surface area (Å²) in [7, 11) is -3.05. The highest BCUT2D eigenvalue weighted by atomic mass is 32.2. The summed E-state index contributed by atoms with van der Waals surface area (Å²) in [6, 6.07) is 2.58. The van der Waals surface area contributed by atoms with Crippen LogP contribution in [-0.2, 0) is 9.84 Å². The first-order chi connectivity index (χ1) is 9.48. The van der Waals surface area contributed by atoms with Crippen LogP contribution in [-0.4, -0.2) is 29.7 Å². The van der Waals surface area contributed by atoms with E-state index in [1.165, 1.54) is 12.3 Å². The molecule has 2 aliphatic heterocycles. The summed E-state index contributed by atoms with van der Waals surface area (Å²) in [6.45, 7) is 0. The highest BCUT2D eigenvalue weighted by Gasteiger charge is 2.46. The van der Waals surface area contributed by atoms with Crippen molar-refractivity contribution in [3.63, 3.8) is 0 Å². The molecule has 2 fully saturated rings. The zero-order valence-corrected chi connectivity index (χ0v) is 11.8. The van der Waals surface area contributed by atoms with Crippen LogP contribution in [0.3, 0.4) is 0 Å². The minimum Gasteiger partial charge on any atom is -0.294 e. The van der Waals surface area contributed by atoms with E-state index in [1.54, 1.807) is 0 Å². The van der Waals surface area contributed by atoms with Crippen LogP contribution in [0, 0.1) is 11.9 Å². The first-order valence-electron chi connectivity index (χ1n) is 6.87. The van der Waals surface area contributed by atoms with Gasteiger partial charge in [0, 0.05) is 17.7 Å². The van der Waals surface area contributed by atoms with E-state index in [-0.39, 0.29) is 22.2 Å². The quantitative estimate of drug-likeness (QED) is 0.620. The highest BCUT2D eigenvalue weighted by Crippen LogP contribution is 2.40. The fourth-order valence-electron chi connectivity index (χ4n) is 3.38. The lowest BCUT2D eigenvalue weighted by atomic mass is 9.85. The van der Waals surface area contributed by atoms with E-state index in [0.717, 1.165) is 12.5 Å². The molecule has 0 aliphatic carbocycles. The molecule has 108 valence electrons. The summed E-state index contributed by atoms with van der Waals surface area (Å²) < 4.78 is 37.1. The Labute approximate surface area is 117 Å². The predicted octanol–water partition coefficient (Wildman–Crippen LogP) is 2.15. The van der Waals surface area contributed by atoms with Gasteiger partial charge in [-0.15, -0.1) is 0 Å². The predicted molar refractivity (Wildman–Crippen MR) is 71.6 cm³/mol. The third kappa shape index (κ3) is 2.26. The summed E-state index contributed by atoms with van der Waals surface area (Å²) in [6.07, 6.45) is 4.27. The molecule has 4 nitrogen and oxygen atoms in total. The normalized spacial score (nSPS) is 31.8. The Bertz CT molecular complexity index is 606. The van der Waals surface area contributed by atoms with Gasteiger partial charge in [0.05, 0.1) is 10.5 Å². The number of nitrogens with zero attached hydrogens (tertiary/aromatic N) is 1. The van der Waals surface area contributed by atoms with Gasteiger partial charge in [-0.25, -0.2) is 13.4 Å². The molecule has 2 bridgehead atoms. The van der Waals surface area contributed by atoms with Crippen LogP contribution in [0.2, 0.25) is 0 Å². The first-order valence-corrected chi connectivity index (χ1v) is 8.48. The summed E-state index contributed by atoms with van der Waals surface area (Å²) >= 11 is 0. The molecular formula is C14H16FNO3S. The number of sulfone groups is 1. The average Bonchev–Trinajstić information content (AvgIpc) is 2.37. The second kappa shape index (κ2) is 4.91. The van der Waals surface area contributed by atoms with E-state index >= 15 is 0 Å². The van der Waals surface area contributed by atoms with Crippen molar-refractivity contribution >= 4 is 15.6 Å². The van der Waals surface area contributed by atoms with Crippen molar-refractivity contribution in [2.45, 2.75) is 42.6 Å². The number of pyridine rings is 1. The van der Waals surface area contributed by atoms with Crippen molar-refractivity contribution < 1.29 is 17.6 Å². The molecule has 20 heavy (non-hydrogen) atoms. The minimum absolute atomic E-state index is 0.107. The van der Waals surface area contributed by atoms with E-state index in [1.807, 2.05) is 0 Å². The maximum Gasteiger partial charge on any atom is 0.212 e. The number of rotatable bonds is 2. The van der Waals surface area contributed by atoms with Crippen molar-refractivity contribution in [3.05, 3.63) is 29.8 Å². The number of hydrogen-bond acceptors (Lipinski definition) is 4. The monoisotopic (exact) mass is 297 g/mol. The number of halogens is 1. The smallest absolute Gasteiger partial charge is 0.212 e. The van der Waals surface area contributed by atoms with Crippen molar-refractivity contribution in [1.82, 2.24) is 4.98 Å². The van der Waals surface area contributed by atoms with Crippen molar-refractivity contribution in [1.29, 1.82) is 0 Å². The molecule has 0 spiro atoms. The van der Waals surface area contributed by atoms with Gasteiger partial charge in [0.15, 0.2) is 15.6 Å². The highest BCUT2D eigenvalue weighted by molar-refractivity contribution is 7.92. The van der Waals surface area contributed by atoms with Gasteiger partial charge < -0.3 is 0 Å². The molecule has 0 aromatic carbocycles. The largest absolute Gasteiger partial charge is 0.294 e. The standard InChI is InChI=1S/C14H16FNO3S/c15-13-5-4-9(8-16-13)14(17)10-6-11-2-1-3-12(7-10)20(11,18)19/h4-5,8,10-12H,1-3,6-7H2. The van der Waals surface area contributed by atoms with Crippen LogP contribution < -0.4 is 0 Å². The molecule has 0 radical (unpaired) electrons. The fraction of sp³-hybridized carbons (Fsp3) is 0.571. The maximum absolute atomic E-state index is 12.8. The Balaban J connectivity index is 1.82. The number of Topliss-reactive ketones (excluding diaryl/α,β-unsaturated/α-hetero) is 1. The van der Waals surface area contributed by atoms with Crippen LogP contribution in [0.1, 0.15) is 42.5 Å². The molecule has 0 N–H and O–H groups in total. The summed E-state index contributed by atoms with van der Waals surface area (Å²) in [5, 5.41) is -0.755. The SMILES string of the molecule is O=C(c1ccc(F)nc1)C1CC2CCCC(C1)S2(=O)=O. The van der Waals surface area contributed by atoms with Crippen LogP contribution in [0.25, 0.3) is 0 Å². The van der Waals surface area contributed by atoms with Crippen LogP contribution in [0.4, 0.5) is 4.39 Å². The topological polar surface area (TPSA) is 64.1 Å². The maximum atomic E-state index is 12.8. The van der Waals surface area contributed by atoms with Gasteiger partial charge in [-0.05, 0) is 37.8 Å². The summed E-state index contributed by atoms with van der Waals surface area (Å²) in [4.78, 5) is 15.9. The zero-order valence-electron chi connectivity index (χ0n) is 11.0. The average molecular weight is 297 g/mol. The van der Waals surface area contributed by atoms with E-state index in [0.29, 0.717) is 31.2 Å². The van der Waals surface area contributed by atoms with Crippen molar-refractivity contribution in [2.24, 2.45) is 5.92 Å². The van der Waals surface area contributed by atoms with E-state index in [2.05, 4.69) is 4.98 Å². The molecule has 1 aromatic heterocycles. The lowest BCUT2D eigenvalue weighted by Crippen LogP contribution is -2.45. The van der Waals surface area contributed by atoms with Gasteiger partial charge in [0.2, 0.25) is 5.95 Å². The van der Waals surface area contributed by atoms with Crippen LogP contribution in [0.5, 0.6) is 0 Å². The Kier molecular flexibility index (Phi) is 3.36. The van der Waals surface area contributed by atoms with Gasteiger partial charge >= 0.3 is 0 Å². The zero-order chi connectivity index (χ0) is 14.3. The van der Waals surface area contributed by atoms with Crippen LogP contribution >= 0.6 is 0 Å². The van der Waals surface area contributed by atoms with Gasteiger partial charge in [-0.1, -0.05) is 6.42 Å². The Morgan fingerprint density at radius 1 is 1.20 bits per heavy atom. The molecule has 1 aromatic rings. The number of hydrogen-bond donors (Lipinski definition) is 0. The molecule has 2 unspecified atom stereocenters. The van der Waals surface area contributed by atoms with Crippen molar-refractivity contribution in [2.75, 3.05) is 0 Å². The van der Waals surface area contributed by atoms with Crippen LogP contribution in [0.15, 0.2) is 18.3 Å². The lowest BCUT2D eigenvalue weighted by Gasteiger charge is -2.38. The molecule has 2 atom stereocenters. The number of fused-ring (bicyclic) bond motifs is 2. The summed E-state index contributed by atoms with van der Waals surface area (Å²) in [5.74, 6) is -1.00. The first kappa shape index (κ1) is 13.7. The summed E-state index contributed by atoms with van der Waals surface area (Å²) in [5.41, 5.74) is 0.369. The van der Waals surface area contributed by atoms with Crippen molar-refractivity contribution in [3.8, 4) is 0 Å². The molecule has 6 heteroatoms. The molecular weight excluding hydrogens is 281 g/mol. The molecule has 2 aliphatic rings. The Hall–Kier alpha value is -1.30. The number of carbonyl (C=O) groups is 1. The molecule has 0 amide bonds. The Morgan fingerprint density at radius 3 is 2.40 bits per heavy atom. The lowest BCUT2D eigenvalue weighted by molar-refractivity contribution is 0.0893. The number of carbonyl (C=O) groups excluding carboxylic acids is 1. The second-order valence-corrected chi connectivity index (χ2v) is 8.18. The van der Waals surface area contributed by atoms with Gasteiger partial charge in [0.25, 0.3) is 0 Å². The third-order valence-electron chi connectivity index (χ3n) is 4.46. The fourth-order valence-corrected chi connectivity index (χ4v) is 5.92. The van der Waals surface area contributed by atoms with Gasteiger partial charge in [-0.2, -0.15) is 4.39 Å². The van der Waals surface area contributed by atoms with E-state index in [4.69, 9.17) is 0 Å².